The number of hydrogen-bond donors (Lipinski definition) is 2. The molecule has 2 heterocycles. The number of rotatable bonds is 12. The fourth-order valence-corrected chi connectivity index (χ4v) is 4.92. The third kappa shape index (κ3) is 9.29. The summed E-state index contributed by atoms with van der Waals surface area (Å²) in [7, 11) is 0. The van der Waals surface area contributed by atoms with Crippen LogP contribution in [0.4, 0.5) is 28.0 Å². The maximum absolute atomic E-state index is 13.7. The highest BCUT2D eigenvalue weighted by Crippen LogP contribution is 2.30. The Morgan fingerprint density at radius 1 is 0.961 bits per heavy atom. The van der Waals surface area contributed by atoms with E-state index in [9.17, 15) is 36.7 Å². The van der Waals surface area contributed by atoms with Gasteiger partial charge in [-0.15, -0.1) is 0 Å². The van der Waals surface area contributed by atoms with Crippen LogP contribution in [0.25, 0.3) is 11.4 Å². The molecule has 1 atom stereocenters. The maximum atomic E-state index is 13.7. The number of nitrogens with zero attached hydrogens (tertiary/aromatic N) is 4. The maximum Gasteiger partial charge on any atom is 0.416 e. The van der Waals surface area contributed by atoms with Crippen LogP contribution < -0.4 is 16.2 Å². The van der Waals surface area contributed by atoms with Crippen molar-refractivity contribution in [2.24, 2.45) is 5.92 Å². The van der Waals surface area contributed by atoms with Gasteiger partial charge in [-0.25, -0.2) is 14.2 Å². The average Bonchev–Trinajstić information content (AvgIpc) is 3.57. The number of hydrogen-bond acceptors (Lipinski definition) is 9. The summed E-state index contributed by atoms with van der Waals surface area (Å²) in [6.07, 6.45) is -4.62. The first-order valence-electron chi connectivity index (χ1n) is 15.4. The molecule has 0 saturated carbocycles. The Bertz CT molecular complexity index is 2080. The lowest BCUT2D eigenvalue weighted by molar-refractivity contribution is -0.137. The van der Waals surface area contributed by atoms with Crippen LogP contribution in [0.2, 0.25) is 0 Å². The summed E-state index contributed by atoms with van der Waals surface area (Å²) in [5, 5.41) is 8.56. The number of Topliss-reactive ketones (excluding diaryl/α,β-unsaturated/α-hetero) is 1. The molecule has 0 saturated heterocycles. The van der Waals surface area contributed by atoms with Crippen molar-refractivity contribution in [1.82, 2.24) is 25.0 Å². The predicted octanol–water partition coefficient (Wildman–Crippen LogP) is 5.81. The summed E-state index contributed by atoms with van der Waals surface area (Å²) < 4.78 is 64.3. The highest BCUT2D eigenvalue weighted by molar-refractivity contribution is 5.99. The number of alkyl halides is 3. The molecule has 0 fully saturated rings. The quantitative estimate of drug-likeness (QED) is 0.121. The molecular weight excluding hydrogens is 676 g/mol. The zero-order valence-electron chi connectivity index (χ0n) is 27.1. The molecule has 0 radical (unpaired) electrons. The van der Waals surface area contributed by atoms with Gasteiger partial charge < -0.3 is 14.6 Å². The molecule has 16 heteroatoms. The minimum Gasteiger partial charge on any atom is -0.444 e. The summed E-state index contributed by atoms with van der Waals surface area (Å²) in [5.74, 6) is -3.22. The molecule has 264 valence electrons. The molecule has 0 aliphatic rings. The van der Waals surface area contributed by atoms with Crippen LogP contribution in [0.15, 0.2) is 94.4 Å². The molecule has 2 amide bonds. The van der Waals surface area contributed by atoms with Crippen molar-refractivity contribution in [2.75, 3.05) is 5.32 Å². The molecule has 3 aromatic carbocycles. The zero-order valence-corrected chi connectivity index (χ0v) is 27.1. The van der Waals surface area contributed by atoms with Gasteiger partial charge in [0.1, 0.15) is 30.5 Å². The van der Waals surface area contributed by atoms with E-state index in [0.717, 1.165) is 35.0 Å². The van der Waals surface area contributed by atoms with Crippen LogP contribution >= 0.6 is 0 Å². The Labute approximate surface area is 287 Å². The minimum atomic E-state index is -4.55. The first kappa shape index (κ1) is 36.1. The van der Waals surface area contributed by atoms with Gasteiger partial charge >= 0.3 is 12.3 Å². The van der Waals surface area contributed by atoms with E-state index in [1.165, 1.54) is 24.3 Å². The molecule has 2 N–H and O–H groups in total. The van der Waals surface area contributed by atoms with Gasteiger partial charge in [0.15, 0.2) is 0 Å². The van der Waals surface area contributed by atoms with Gasteiger partial charge in [0, 0.05) is 5.56 Å². The number of anilines is 1. The van der Waals surface area contributed by atoms with Crippen molar-refractivity contribution >= 4 is 23.5 Å². The first-order chi connectivity index (χ1) is 24.3. The van der Waals surface area contributed by atoms with Crippen molar-refractivity contribution in [3.8, 4) is 11.4 Å². The first-order valence-corrected chi connectivity index (χ1v) is 15.4. The second kappa shape index (κ2) is 15.6. The lowest BCUT2D eigenvalue weighted by atomic mass is 9.99. The van der Waals surface area contributed by atoms with Gasteiger partial charge in [-0.05, 0) is 47.4 Å². The number of carbonyl (C=O) groups excluding carboxylic acids is 3. The number of aromatic nitrogens is 4. The lowest BCUT2D eigenvalue weighted by Gasteiger charge is -2.21. The molecule has 51 heavy (non-hydrogen) atoms. The van der Waals surface area contributed by atoms with Crippen molar-refractivity contribution in [3.63, 3.8) is 0 Å². The van der Waals surface area contributed by atoms with E-state index in [2.05, 4.69) is 25.8 Å². The van der Waals surface area contributed by atoms with E-state index in [1.807, 2.05) is 0 Å². The molecule has 0 unspecified atom stereocenters. The third-order valence-electron chi connectivity index (χ3n) is 7.46. The number of benzene rings is 3. The van der Waals surface area contributed by atoms with E-state index < -0.39 is 65.2 Å². The smallest absolute Gasteiger partial charge is 0.416 e. The highest BCUT2D eigenvalue weighted by atomic mass is 19.4. The average molecular weight is 707 g/mol. The van der Waals surface area contributed by atoms with Gasteiger partial charge in [-0.2, -0.15) is 18.2 Å². The molecule has 2 aromatic heterocycles. The molecule has 0 aliphatic heterocycles. The largest absolute Gasteiger partial charge is 0.444 e. The molecular formula is C35H30F4N6O6. The summed E-state index contributed by atoms with van der Waals surface area (Å²) in [4.78, 5) is 61.3. The van der Waals surface area contributed by atoms with Crippen molar-refractivity contribution in [1.29, 1.82) is 0 Å². The van der Waals surface area contributed by atoms with Crippen molar-refractivity contribution in [2.45, 2.75) is 45.6 Å². The predicted molar refractivity (Wildman–Crippen MR) is 174 cm³/mol. The number of amides is 2. The number of halogens is 4. The minimum absolute atomic E-state index is 0.0387. The van der Waals surface area contributed by atoms with Gasteiger partial charge in [0.2, 0.25) is 23.4 Å². The summed E-state index contributed by atoms with van der Waals surface area (Å²) >= 11 is 0. The van der Waals surface area contributed by atoms with Gasteiger partial charge in [-0.1, -0.05) is 67.5 Å². The molecule has 0 aliphatic carbocycles. The number of carbonyl (C=O) groups is 3. The Balaban J connectivity index is 1.33. The van der Waals surface area contributed by atoms with Crippen LogP contribution in [0.5, 0.6) is 0 Å². The zero-order chi connectivity index (χ0) is 36.7. The molecule has 0 spiro atoms. The van der Waals surface area contributed by atoms with Gasteiger partial charge in [0.25, 0.3) is 5.56 Å². The third-order valence-corrected chi connectivity index (χ3v) is 7.46. The van der Waals surface area contributed by atoms with E-state index in [1.54, 1.807) is 44.2 Å². The van der Waals surface area contributed by atoms with E-state index in [-0.39, 0.29) is 41.6 Å². The monoisotopic (exact) mass is 706 g/mol. The summed E-state index contributed by atoms with van der Waals surface area (Å²) in [6, 6.07) is 17.1. The van der Waals surface area contributed by atoms with E-state index in [4.69, 9.17) is 9.26 Å². The van der Waals surface area contributed by atoms with Gasteiger partial charge in [0.05, 0.1) is 24.2 Å². The van der Waals surface area contributed by atoms with Crippen LogP contribution in [0.1, 0.15) is 47.0 Å². The fourth-order valence-electron chi connectivity index (χ4n) is 4.92. The molecule has 5 aromatic rings. The van der Waals surface area contributed by atoms with Crippen LogP contribution in [0, 0.1) is 11.7 Å². The van der Waals surface area contributed by atoms with E-state index in [0.29, 0.717) is 5.56 Å². The number of nitrogens with one attached hydrogen (secondary N) is 2. The Morgan fingerprint density at radius 2 is 1.67 bits per heavy atom. The number of ether oxygens (including phenoxy) is 1. The Hall–Kier alpha value is -6.19. The fraction of sp³-hybridized carbons (Fsp3) is 0.229. The lowest BCUT2D eigenvalue weighted by Crippen LogP contribution is -2.47. The van der Waals surface area contributed by atoms with Crippen LogP contribution in [0.3, 0.4) is 0 Å². The summed E-state index contributed by atoms with van der Waals surface area (Å²) in [5.41, 5.74) is -0.827. The topological polar surface area (TPSA) is 158 Å². The second-order valence-electron chi connectivity index (χ2n) is 11.6. The highest BCUT2D eigenvalue weighted by Gasteiger charge is 2.32. The number of ketones is 1. The van der Waals surface area contributed by atoms with E-state index >= 15 is 0 Å². The Morgan fingerprint density at radius 3 is 2.35 bits per heavy atom. The molecule has 12 nitrogen and oxygen atoms in total. The second-order valence-corrected chi connectivity index (χ2v) is 11.6. The standard InChI is InChI=1S/C35H30F4N6O6/c1-20(2)29(30(47)31-43-28(51-44-31)16-22-9-6-10-24(15-22)35(37,38)39)42-27(46)18-45-32(23-11-13-25(36)14-12-23)40-17-26(33(45)48)41-34(49)50-19-21-7-4-3-5-8-21/h3-15,17,20,29H,16,18-19H2,1-2H3,(H,41,49)(H,42,46)/t29-/m1/s1. The summed E-state index contributed by atoms with van der Waals surface area (Å²) in [6.45, 7) is 2.50. The van der Waals surface area contributed by atoms with Crippen molar-refractivity contribution < 1.29 is 41.2 Å². The van der Waals surface area contributed by atoms with Crippen molar-refractivity contribution in [3.05, 3.63) is 130 Å². The Kier molecular flexibility index (Phi) is 11.0. The molecule has 0 bridgehead atoms. The SMILES string of the molecule is CC(C)[C@@H](NC(=O)Cn1c(-c2ccc(F)cc2)ncc(NC(=O)OCc2ccccc2)c1=O)C(=O)c1noc(Cc2cccc(C(F)(F)F)c2)n1. The normalized spacial score (nSPS) is 12.0. The van der Waals surface area contributed by atoms with Crippen LogP contribution in [-0.4, -0.2) is 43.5 Å². The molecule has 5 rings (SSSR count). The van der Waals surface area contributed by atoms with Crippen LogP contribution in [-0.2, 0) is 35.3 Å². The van der Waals surface area contributed by atoms with Gasteiger partial charge in [-0.3, -0.25) is 24.3 Å².